The van der Waals surface area contributed by atoms with Crippen molar-refractivity contribution in [3.8, 4) is 0 Å². The molecule has 0 aromatic carbocycles. The molecule has 2 atom stereocenters. The van der Waals surface area contributed by atoms with Crippen LogP contribution in [0.25, 0.3) is 0 Å². The minimum Gasteiger partial charge on any atom is -0.363 e. The van der Waals surface area contributed by atoms with E-state index in [1.807, 2.05) is 16.3 Å². The molecular weight excluding hydrogens is 333 g/mol. The second kappa shape index (κ2) is 13.0. The van der Waals surface area contributed by atoms with E-state index in [2.05, 4.69) is 16.0 Å². The summed E-state index contributed by atoms with van der Waals surface area (Å²) in [6, 6.07) is -0.561. The van der Waals surface area contributed by atoms with Crippen molar-refractivity contribution in [3.05, 3.63) is 0 Å². The minimum atomic E-state index is -0.561. The molecule has 3 N–H and O–H groups in total. The van der Waals surface area contributed by atoms with E-state index >= 15 is 0 Å². The highest BCUT2D eigenvalue weighted by Crippen LogP contribution is 2.06. The SMILES string of the molecule is CNCCC[C@H](NC(=O)CNC(=O)COCC(=O)P)C(=O)C(C)C. The lowest BCUT2D eigenvalue weighted by molar-refractivity contribution is -0.131. The van der Waals surface area contributed by atoms with Gasteiger partial charge in [-0.15, -0.1) is 0 Å². The number of rotatable bonds is 13. The van der Waals surface area contributed by atoms with Gasteiger partial charge in [-0.2, -0.15) is 0 Å². The summed E-state index contributed by atoms with van der Waals surface area (Å²) < 4.78 is 4.83. The lowest BCUT2D eigenvalue weighted by Crippen LogP contribution is -2.47. The standard InChI is InChI=1S/C15H28N3O5P/c1-10(2)15(22)11(5-4-6-16-3)18-12(19)7-17-13(20)8-23-9-14(21)24/h10-11,16H,4-9,24H2,1-3H3,(H,17,20)(H,18,19)/t11-/m0/s1. The Hall–Kier alpha value is -1.37. The van der Waals surface area contributed by atoms with Crippen molar-refractivity contribution in [1.82, 2.24) is 16.0 Å². The van der Waals surface area contributed by atoms with E-state index in [1.165, 1.54) is 0 Å². The highest BCUT2D eigenvalue weighted by Gasteiger charge is 2.22. The lowest BCUT2D eigenvalue weighted by Gasteiger charge is -2.19. The van der Waals surface area contributed by atoms with Crippen molar-refractivity contribution in [2.75, 3.05) is 33.4 Å². The van der Waals surface area contributed by atoms with Crippen LogP contribution in [0.5, 0.6) is 0 Å². The summed E-state index contributed by atoms with van der Waals surface area (Å²) in [6.07, 6.45) is 1.29. The molecule has 0 aromatic rings. The topological polar surface area (TPSA) is 114 Å². The minimum absolute atomic E-state index is 0.0342. The fourth-order valence-electron chi connectivity index (χ4n) is 1.89. The predicted octanol–water partition coefficient (Wildman–Crippen LogP) is -0.770. The predicted molar refractivity (Wildman–Crippen MR) is 93.5 cm³/mol. The fraction of sp³-hybridized carbons (Fsp3) is 0.733. The number of ether oxygens (including phenoxy) is 1. The van der Waals surface area contributed by atoms with Crippen LogP contribution in [-0.4, -0.2) is 62.5 Å². The van der Waals surface area contributed by atoms with Crippen molar-refractivity contribution in [2.24, 2.45) is 5.92 Å². The molecule has 0 heterocycles. The molecular formula is C15H28N3O5P. The molecule has 138 valence electrons. The van der Waals surface area contributed by atoms with E-state index in [4.69, 9.17) is 4.74 Å². The third-order valence-corrected chi connectivity index (χ3v) is 3.26. The summed E-state index contributed by atoms with van der Waals surface area (Å²) >= 11 is 0. The fourth-order valence-corrected chi connectivity index (χ4v) is 2.01. The molecule has 9 heteroatoms. The largest absolute Gasteiger partial charge is 0.363 e. The highest BCUT2D eigenvalue weighted by molar-refractivity contribution is 7.40. The zero-order chi connectivity index (χ0) is 18.5. The Labute approximate surface area is 145 Å². The van der Waals surface area contributed by atoms with Gasteiger partial charge >= 0.3 is 0 Å². The Morgan fingerprint density at radius 1 is 1.08 bits per heavy atom. The number of Topliss-reactive ketones (excluding diaryl/α,β-unsaturated/α-hetero) is 1. The van der Waals surface area contributed by atoms with E-state index < -0.39 is 17.9 Å². The molecule has 0 rings (SSSR count). The maximum atomic E-state index is 12.1. The summed E-state index contributed by atoms with van der Waals surface area (Å²) in [5.74, 6) is -1.15. The van der Waals surface area contributed by atoms with Crippen LogP contribution in [0.15, 0.2) is 0 Å². The molecule has 0 radical (unpaired) electrons. The van der Waals surface area contributed by atoms with Crippen LogP contribution in [-0.2, 0) is 23.9 Å². The average Bonchev–Trinajstić information content (AvgIpc) is 2.51. The lowest BCUT2D eigenvalue weighted by atomic mass is 9.98. The van der Waals surface area contributed by atoms with Crippen LogP contribution in [0.3, 0.4) is 0 Å². The van der Waals surface area contributed by atoms with Gasteiger partial charge in [0.1, 0.15) is 13.2 Å². The van der Waals surface area contributed by atoms with E-state index in [9.17, 15) is 19.2 Å². The van der Waals surface area contributed by atoms with E-state index in [0.29, 0.717) is 6.42 Å². The average molecular weight is 361 g/mol. The highest BCUT2D eigenvalue weighted by atomic mass is 31.0. The molecule has 0 bridgehead atoms. The van der Waals surface area contributed by atoms with E-state index in [0.717, 1.165) is 13.0 Å². The molecule has 0 fully saturated rings. The third-order valence-electron chi connectivity index (χ3n) is 3.09. The molecule has 0 aliphatic heterocycles. The first-order chi connectivity index (χ1) is 11.3. The first-order valence-corrected chi connectivity index (χ1v) is 8.46. The number of nitrogens with one attached hydrogen (secondary N) is 3. The van der Waals surface area contributed by atoms with Crippen molar-refractivity contribution in [1.29, 1.82) is 0 Å². The molecule has 24 heavy (non-hydrogen) atoms. The van der Waals surface area contributed by atoms with Gasteiger partial charge in [0.15, 0.2) is 11.3 Å². The maximum Gasteiger partial charge on any atom is 0.246 e. The maximum absolute atomic E-state index is 12.1. The van der Waals surface area contributed by atoms with Crippen molar-refractivity contribution in [2.45, 2.75) is 32.7 Å². The molecule has 0 aliphatic rings. The number of amides is 2. The first kappa shape index (κ1) is 22.6. The van der Waals surface area contributed by atoms with Crippen LogP contribution in [0.2, 0.25) is 0 Å². The van der Waals surface area contributed by atoms with Crippen molar-refractivity contribution < 1.29 is 23.9 Å². The molecule has 2 amide bonds. The summed E-state index contributed by atoms with van der Waals surface area (Å²) in [6.45, 7) is 3.59. The van der Waals surface area contributed by atoms with Crippen LogP contribution in [0.4, 0.5) is 0 Å². The number of hydrogen-bond donors (Lipinski definition) is 3. The van der Waals surface area contributed by atoms with Gasteiger partial charge in [-0.3, -0.25) is 19.2 Å². The summed E-state index contributed by atoms with van der Waals surface area (Å²) in [5, 5.41) is 8.03. The number of carbonyl (C=O) groups is 4. The zero-order valence-electron chi connectivity index (χ0n) is 14.5. The van der Waals surface area contributed by atoms with Crippen LogP contribution >= 0.6 is 9.24 Å². The summed E-state index contributed by atoms with van der Waals surface area (Å²) in [4.78, 5) is 46.2. The molecule has 1 unspecified atom stereocenters. The number of hydrogen-bond acceptors (Lipinski definition) is 6. The monoisotopic (exact) mass is 361 g/mol. The summed E-state index contributed by atoms with van der Waals surface area (Å²) in [7, 11) is 3.76. The molecule has 8 nitrogen and oxygen atoms in total. The second-order valence-corrected chi connectivity index (χ2v) is 6.30. The van der Waals surface area contributed by atoms with Crippen molar-refractivity contribution in [3.63, 3.8) is 0 Å². The van der Waals surface area contributed by atoms with Gasteiger partial charge in [0.2, 0.25) is 11.8 Å². The molecule has 0 saturated carbocycles. The Kier molecular flexibility index (Phi) is 12.2. The van der Waals surface area contributed by atoms with Gasteiger partial charge in [-0.25, -0.2) is 0 Å². The van der Waals surface area contributed by atoms with Crippen LogP contribution < -0.4 is 16.0 Å². The molecule has 0 aromatic heterocycles. The smallest absolute Gasteiger partial charge is 0.246 e. The molecule has 0 saturated heterocycles. The van der Waals surface area contributed by atoms with E-state index in [1.54, 1.807) is 13.8 Å². The normalized spacial score (nSPS) is 11.9. The number of carbonyl (C=O) groups excluding carboxylic acids is 4. The second-order valence-electron chi connectivity index (χ2n) is 5.66. The van der Waals surface area contributed by atoms with Crippen LogP contribution in [0.1, 0.15) is 26.7 Å². The van der Waals surface area contributed by atoms with Gasteiger partial charge in [-0.05, 0) is 26.4 Å². The van der Waals surface area contributed by atoms with Crippen molar-refractivity contribution >= 4 is 32.4 Å². The van der Waals surface area contributed by atoms with Gasteiger partial charge < -0.3 is 20.7 Å². The van der Waals surface area contributed by atoms with E-state index in [-0.39, 0.29) is 37.0 Å². The first-order valence-electron chi connectivity index (χ1n) is 7.88. The number of ketones is 1. The van der Waals surface area contributed by atoms with Gasteiger partial charge in [-0.1, -0.05) is 23.1 Å². The van der Waals surface area contributed by atoms with Gasteiger partial charge in [0.05, 0.1) is 12.6 Å². The van der Waals surface area contributed by atoms with Crippen LogP contribution in [0, 0.1) is 5.92 Å². The Morgan fingerprint density at radius 3 is 2.29 bits per heavy atom. The molecule has 0 spiro atoms. The third kappa shape index (κ3) is 11.2. The summed E-state index contributed by atoms with van der Waals surface area (Å²) in [5.41, 5.74) is -0.267. The Bertz CT molecular complexity index is 443. The Balaban J connectivity index is 4.27. The zero-order valence-corrected chi connectivity index (χ0v) is 15.7. The molecule has 0 aliphatic carbocycles. The van der Waals surface area contributed by atoms with Gasteiger partial charge in [0.25, 0.3) is 0 Å². The Morgan fingerprint density at radius 2 is 1.75 bits per heavy atom. The van der Waals surface area contributed by atoms with Gasteiger partial charge in [0, 0.05) is 5.92 Å². The quantitative estimate of drug-likeness (QED) is 0.293.